The van der Waals surface area contributed by atoms with E-state index >= 15 is 0 Å². The van der Waals surface area contributed by atoms with E-state index in [0.717, 1.165) is 10.1 Å². The fraction of sp³-hybridized carbons (Fsp3) is 0.115. The van der Waals surface area contributed by atoms with Crippen LogP contribution in [0.2, 0.25) is 5.02 Å². The second kappa shape index (κ2) is 11.1. The highest BCUT2D eigenvalue weighted by Gasteiger charge is 2.19. The van der Waals surface area contributed by atoms with Crippen LogP contribution >= 0.6 is 22.9 Å². The van der Waals surface area contributed by atoms with Crippen LogP contribution < -0.4 is 24.4 Å². The number of hydrazone groups is 1. The third-order valence-corrected chi connectivity index (χ3v) is 6.75. The van der Waals surface area contributed by atoms with Gasteiger partial charge in [-0.2, -0.15) is 5.10 Å². The number of nitrogens with zero attached hydrogens (tertiary/aromatic N) is 1. The van der Waals surface area contributed by atoms with Gasteiger partial charge in [0.05, 0.1) is 32.6 Å². The van der Waals surface area contributed by atoms with E-state index < -0.39 is 11.9 Å². The van der Waals surface area contributed by atoms with Crippen LogP contribution in [0.4, 0.5) is 0 Å². The summed E-state index contributed by atoms with van der Waals surface area (Å²) in [5.74, 6) is 0.355. The smallest absolute Gasteiger partial charge is 0.355 e. The summed E-state index contributed by atoms with van der Waals surface area (Å²) in [7, 11) is 4.41. The Balaban J connectivity index is 1.45. The van der Waals surface area contributed by atoms with Crippen LogP contribution in [0.25, 0.3) is 10.1 Å². The van der Waals surface area contributed by atoms with Crippen LogP contribution in [0.3, 0.4) is 0 Å². The third-order valence-electron chi connectivity index (χ3n) is 5.10. The highest BCUT2D eigenvalue weighted by molar-refractivity contribution is 7.21. The van der Waals surface area contributed by atoms with Gasteiger partial charge in [0.15, 0.2) is 11.5 Å². The van der Waals surface area contributed by atoms with E-state index in [0.29, 0.717) is 38.5 Å². The number of amides is 1. The third kappa shape index (κ3) is 5.27. The second-order valence-electron chi connectivity index (χ2n) is 7.32. The molecule has 0 saturated heterocycles. The summed E-state index contributed by atoms with van der Waals surface area (Å²) in [6, 6.07) is 17.2. The molecule has 0 aliphatic heterocycles. The Labute approximate surface area is 216 Å². The number of esters is 1. The van der Waals surface area contributed by atoms with Gasteiger partial charge in [-0.3, -0.25) is 4.79 Å². The number of benzene rings is 3. The van der Waals surface area contributed by atoms with E-state index in [1.54, 1.807) is 24.3 Å². The zero-order valence-electron chi connectivity index (χ0n) is 19.5. The number of hydrogen-bond donors (Lipinski definition) is 1. The summed E-state index contributed by atoms with van der Waals surface area (Å²) in [5, 5.41) is 5.17. The number of thiophene rings is 1. The Morgan fingerprint density at radius 1 is 0.944 bits per heavy atom. The molecule has 4 rings (SSSR count). The van der Waals surface area contributed by atoms with Gasteiger partial charge in [0.1, 0.15) is 10.6 Å². The molecule has 1 heterocycles. The Hall–Kier alpha value is -4.08. The molecule has 1 aromatic heterocycles. The zero-order valence-corrected chi connectivity index (χ0v) is 21.1. The molecule has 0 saturated carbocycles. The van der Waals surface area contributed by atoms with Crippen molar-refractivity contribution in [1.82, 2.24) is 5.43 Å². The van der Waals surface area contributed by atoms with Gasteiger partial charge in [0.25, 0.3) is 5.91 Å². The molecular weight excluding hydrogens is 504 g/mol. The number of nitrogens with one attached hydrogen (secondary N) is 1. The van der Waals surface area contributed by atoms with Crippen LogP contribution in [0.5, 0.6) is 23.0 Å². The lowest BCUT2D eigenvalue weighted by Gasteiger charge is -2.13. The molecule has 0 aliphatic rings. The average molecular weight is 525 g/mol. The molecule has 0 spiro atoms. The first-order valence-electron chi connectivity index (χ1n) is 10.6. The summed E-state index contributed by atoms with van der Waals surface area (Å²) in [6.45, 7) is 0. The summed E-state index contributed by atoms with van der Waals surface area (Å²) >= 11 is 7.65. The summed E-state index contributed by atoms with van der Waals surface area (Å²) in [6.07, 6.45) is 1.43. The monoisotopic (exact) mass is 524 g/mol. The lowest BCUT2D eigenvalue weighted by atomic mass is 10.1. The molecular formula is C26H21ClN2O6S. The molecule has 10 heteroatoms. The maximum Gasteiger partial charge on any atom is 0.355 e. The number of rotatable bonds is 8. The fourth-order valence-corrected chi connectivity index (χ4v) is 4.78. The first-order valence-corrected chi connectivity index (χ1v) is 11.8. The van der Waals surface area contributed by atoms with E-state index in [1.807, 2.05) is 24.3 Å². The second-order valence-corrected chi connectivity index (χ2v) is 8.75. The number of ether oxygens (including phenoxy) is 4. The number of halogens is 1. The van der Waals surface area contributed by atoms with Crippen molar-refractivity contribution in [3.05, 3.63) is 81.7 Å². The van der Waals surface area contributed by atoms with Gasteiger partial charge in [0, 0.05) is 15.6 Å². The van der Waals surface area contributed by atoms with Crippen molar-refractivity contribution >= 4 is 51.1 Å². The molecule has 1 amide bonds. The minimum atomic E-state index is -0.550. The lowest BCUT2D eigenvalue weighted by Crippen LogP contribution is -2.18. The first-order chi connectivity index (χ1) is 17.4. The highest BCUT2D eigenvalue weighted by atomic mass is 35.5. The van der Waals surface area contributed by atoms with Crippen molar-refractivity contribution in [2.45, 2.75) is 0 Å². The minimum absolute atomic E-state index is 0.268. The van der Waals surface area contributed by atoms with Crippen LogP contribution in [0.1, 0.15) is 25.6 Å². The average Bonchev–Trinajstić information content (AvgIpc) is 3.24. The van der Waals surface area contributed by atoms with Crippen LogP contribution in [-0.2, 0) is 0 Å². The highest BCUT2D eigenvalue weighted by Crippen LogP contribution is 2.38. The quantitative estimate of drug-likeness (QED) is 0.140. The van der Waals surface area contributed by atoms with Crippen molar-refractivity contribution in [2.75, 3.05) is 21.3 Å². The fourth-order valence-electron chi connectivity index (χ4n) is 3.40. The number of carbonyl (C=O) groups excluding carboxylic acids is 2. The standard InChI is InChI=1S/C26H21ClN2O6S/c1-32-19-12-16(13-20(33-2)23(19)34-3)25(30)29-28-14-15-7-6-8-17(11-15)35-26(31)24-22(27)18-9-4-5-10-21(18)36-24/h4-14H,1-3H3,(H,29,30). The molecule has 36 heavy (non-hydrogen) atoms. The number of methoxy groups -OCH3 is 3. The Morgan fingerprint density at radius 2 is 1.67 bits per heavy atom. The lowest BCUT2D eigenvalue weighted by molar-refractivity contribution is 0.0740. The first kappa shape index (κ1) is 25.0. The van der Waals surface area contributed by atoms with Crippen molar-refractivity contribution in [1.29, 1.82) is 0 Å². The predicted molar refractivity (Wildman–Crippen MR) is 139 cm³/mol. The van der Waals surface area contributed by atoms with Crippen molar-refractivity contribution < 1.29 is 28.5 Å². The number of hydrogen-bond acceptors (Lipinski definition) is 8. The van der Waals surface area contributed by atoms with Gasteiger partial charge < -0.3 is 18.9 Å². The maximum atomic E-state index is 12.7. The molecule has 0 radical (unpaired) electrons. The molecule has 184 valence electrons. The van der Waals surface area contributed by atoms with Crippen LogP contribution in [0, 0.1) is 0 Å². The van der Waals surface area contributed by atoms with Crippen molar-refractivity contribution in [2.24, 2.45) is 5.10 Å². The topological polar surface area (TPSA) is 95.5 Å². The van der Waals surface area contributed by atoms with E-state index in [4.69, 9.17) is 30.5 Å². The molecule has 4 aromatic rings. The molecule has 0 unspecified atom stereocenters. The Morgan fingerprint density at radius 3 is 2.33 bits per heavy atom. The van der Waals surface area contributed by atoms with E-state index in [-0.39, 0.29) is 5.56 Å². The Bertz CT molecular complexity index is 1440. The molecule has 0 aliphatic carbocycles. The number of fused-ring (bicyclic) bond motifs is 1. The normalized spacial score (nSPS) is 10.9. The van der Waals surface area contributed by atoms with Crippen molar-refractivity contribution in [3.8, 4) is 23.0 Å². The van der Waals surface area contributed by atoms with E-state index in [9.17, 15) is 9.59 Å². The van der Waals surface area contributed by atoms with Gasteiger partial charge in [-0.1, -0.05) is 41.9 Å². The van der Waals surface area contributed by atoms with Gasteiger partial charge in [-0.15, -0.1) is 11.3 Å². The van der Waals surface area contributed by atoms with Crippen LogP contribution in [-0.4, -0.2) is 39.4 Å². The predicted octanol–water partition coefficient (Wildman–Crippen LogP) is 5.56. The zero-order chi connectivity index (χ0) is 25.7. The molecule has 8 nitrogen and oxygen atoms in total. The van der Waals surface area contributed by atoms with Crippen molar-refractivity contribution in [3.63, 3.8) is 0 Å². The summed E-state index contributed by atoms with van der Waals surface area (Å²) in [5.41, 5.74) is 3.32. The van der Waals surface area contributed by atoms with Gasteiger partial charge >= 0.3 is 5.97 Å². The number of carbonyl (C=O) groups is 2. The van der Waals surface area contributed by atoms with Gasteiger partial charge in [-0.25, -0.2) is 10.2 Å². The minimum Gasteiger partial charge on any atom is -0.493 e. The van der Waals surface area contributed by atoms with Crippen LogP contribution in [0.15, 0.2) is 65.8 Å². The van der Waals surface area contributed by atoms with E-state index in [2.05, 4.69) is 10.5 Å². The molecule has 0 bridgehead atoms. The van der Waals surface area contributed by atoms with E-state index in [1.165, 1.54) is 51.0 Å². The largest absolute Gasteiger partial charge is 0.493 e. The van der Waals surface area contributed by atoms with Gasteiger partial charge in [0.2, 0.25) is 5.75 Å². The SMILES string of the molecule is COc1cc(C(=O)NN=Cc2cccc(OC(=O)c3sc4ccccc4c3Cl)c2)cc(OC)c1OC. The maximum absolute atomic E-state index is 12.7. The molecule has 1 N–H and O–H groups in total. The molecule has 0 atom stereocenters. The molecule has 3 aromatic carbocycles. The van der Waals surface area contributed by atoms with Gasteiger partial charge in [-0.05, 0) is 35.9 Å². The summed E-state index contributed by atoms with van der Waals surface area (Å²) < 4.78 is 22.2. The Kier molecular flexibility index (Phi) is 7.72. The molecule has 0 fully saturated rings. The summed E-state index contributed by atoms with van der Waals surface area (Å²) in [4.78, 5) is 25.6.